The molecule has 1 aliphatic rings. The highest BCUT2D eigenvalue weighted by Crippen LogP contribution is 2.18. The van der Waals surface area contributed by atoms with Gasteiger partial charge in [-0.3, -0.25) is 9.78 Å². The highest BCUT2D eigenvalue weighted by molar-refractivity contribution is 6.06. The lowest BCUT2D eigenvalue weighted by Crippen LogP contribution is -2.39. The summed E-state index contributed by atoms with van der Waals surface area (Å²) < 4.78 is 5.13. The summed E-state index contributed by atoms with van der Waals surface area (Å²) in [4.78, 5) is 19.3. The summed E-state index contributed by atoms with van der Waals surface area (Å²) >= 11 is 0. The molecule has 0 atom stereocenters. The maximum Gasteiger partial charge on any atom is 0.251 e. The summed E-state index contributed by atoms with van der Waals surface area (Å²) in [7, 11) is 1.74. The van der Waals surface area contributed by atoms with Crippen LogP contribution < -0.4 is 5.32 Å². The minimum Gasteiger partial charge on any atom is -0.383 e. The number of likely N-dealkylation sites (tertiary alicyclic amines) is 1. The van der Waals surface area contributed by atoms with Crippen LogP contribution in [0.5, 0.6) is 0 Å². The highest BCUT2D eigenvalue weighted by Gasteiger charge is 2.20. The third kappa shape index (κ3) is 4.10. The number of carbonyl (C=O) groups is 1. The number of piperidine rings is 1. The van der Waals surface area contributed by atoms with E-state index in [1.807, 2.05) is 30.3 Å². The third-order valence-electron chi connectivity index (χ3n) is 4.76. The number of carbonyl (C=O) groups excluding carboxylic acids is 1. The summed E-state index contributed by atoms with van der Waals surface area (Å²) in [6.45, 7) is 4.70. The highest BCUT2D eigenvalue weighted by atomic mass is 16.5. The molecular formula is C19H25N3O2. The lowest BCUT2D eigenvalue weighted by Gasteiger charge is -2.31. The van der Waals surface area contributed by atoms with Crippen LogP contribution in [-0.4, -0.2) is 55.7 Å². The third-order valence-corrected chi connectivity index (χ3v) is 4.76. The molecule has 1 saturated heterocycles. The van der Waals surface area contributed by atoms with Crippen LogP contribution in [0.15, 0.2) is 36.5 Å². The van der Waals surface area contributed by atoms with Crippen molar-refractivity contribution in [3.05, 3.63) is 42.1 Å². The van der Waals surface area contributed by atoms with Crippen LogP contribution in [0.25, 0.3) is 10.9 Å². The second-order valence-corrected chi connectivity index (χ2v) is 6.36. The van der Waals surface area contributed by atoms with Gasteiger partial charge in [-0.25, -0.2) is 0 Å². The molecule has 0 spiro atoms. The molecule has 1 aliphatic heterocycles. The number of rotatable bonds is 6. The van der Waals surface area contributed by atoms with E-state index in [-0.39, 0.29) is 5.91 Å². The Balaban J connectivity index is 1.53. The van der Waals surface area contributed by atoms with Crippen molar-refractivity contribution < 1.29 is 9.53 Å². The molecule has 1 fully saturated rings. The van der Waals surface area contributed by atoms with Gasteiger partial charge in [-0.15, -0.1) is 0 Å². The molecule has 5 heteroatoms. The van der Waals surface area contributed by atoms with Crippen LogP contribution in [0.2, 0.25) is 0 Å². The van der Waals surface area contributed by atoms with Gasteiger partial charge in [-0.1, -0.05) is 12.1 Å². The predicted octanol–water partition coefficient (Wildman–Crippen LogP) is 2.32. The number of benzene rings is 1. The topological polar surface area (TPSA) is 54.5 Å². The van der Waals surface area contributed by atoms with Crippen molar-refractivity contribution in [3.63, 3.8) is 0 Å². The fourth-order valence-electron chi connectivity index (χ4n) is 3.27. The molecule has 1 N–H and O–H groups in total. The first-order valence-electron chi connectivity index (χ1n) is 8.61. The lowest BCUT2D eigenvalue weighted by atomic mass is 9.96. The number of hydrogen-bond acceptors (Lipinski definition) is 4. The van der Waals surface area contributed by atoms with Gasteiger partial charge in [0, 0.05) is 37.3 Å². The summed E-state index contributed by atoms with van der Waals surface area (Å²) in [6, 6.07) is 9.51. The van der Waals surface area contributed by atoms with E-state index in [1.54, 1.807) is 13.3 Å². The smallest absolute Gasteiger partial charge is 0.251 e. The van der Waals surface area contributed by atoms with Gasteiger partial charge in [0.05, 0.1) is 12.1 Å². The number of ether oxygens (including phenoxy) is 1. The molecule has 1 aromatic heterocycles. The predicted molar refractivity (Wildman–Crippen MR) is 95.1 cm³/mol. The monoisotopic (exact) mass is 327 g/mol. The zero-order valence-corrected chi connectivity index (χ0v) is 14.2. The van der Waals surface area contributed by atoms with E-state index in [1.165, 1.54) is 0 Å². The molecule has 128 valence electrons. The van der Waals surface area contributed by atoms with Gasteiger partial charge in [0.1, 0.15) is 0 Å². The van der Waals surface area contributed by atoms with Crippen LogP contribution in [0.3, 0.4) is 0 Å². The molecule has 0 unspecified atom stereocenters. The van der Waals surface area contributed by atoms with Crippen LogP contribution >= 0.6 is 0 Å². The van der Waals surface area contributed by atoms with E-state index in [4.69, 9.17) is 4.74 Å². The minimum absolute atomic E-state index is 0.00425. The number of amides is 1. The van der Waals surface area contributed by atoms with Crippen molar-refractivity contribution in [2.75, 3.05) is 39.9 Å². The molecule has 0 aliphatic carbocycles. The summed E-state index contributed by atoms with van der Waals surface area (Å²) in [6.07, 6.45) is 4.00. The van der Waals surface area contributed by atoms with Gasteiger partial charge in [0.25, 0.3) is 5.91 Å². The van der Waals surface area contributed by atoms with E-state index in [0.717, 1.165) is 56.5 Å². The molecular weight excluding hydrogens is 302 g/mol. The number of nitrogens with one attached hydrogen (secondary N) is 1. The second kappa shape index (κ2) is 8.22. The van der Waals surface area contributed by atoms with E-state index >= 15 is 0 Å². The second-order valence-electron chi connectivity index (χ2n) is 6.36. The van der Waals surface area contributed by atoms with Crippen LogP contribution in [0.1, 0.15) is 23.2 Å². The molecule has 1 aromatic carbocycles. The van der Waals surface area contributed by atoms with Crippen molar-refractivity contribution in [3.8, 4) is 0 Å². The number of pyridine rings is 1. The van der Waals surface area contributed by atoms with Gasteiger partial charge < -0.3 is 15.0 Å². The first-order valence-corrected chi connectivity index (χ1v) is 8.61. The van der Waals surface area contributed by atoms with Crippen molar-refractivity contribution in [2.24, 2.45) is 5.92 Å². The Hall–Kier alpha value is -1.98. The molecule has 5 nitrogen and oxygen atoms in total. The van der Waals surface area contributed by atoms with Gasteiger partial charge in [-0.2, -0.15) is 0 Å². The average molecular weight is 327 g/mol. The van der Waals surface area contributed by atoms with Crippen LogP contribution in [-0.2, 0) is 4.74 Å². The SMILES string of the molecule is COCCN1CCC(CNC(=O)c2cccc3ncccc23)CC1. The van der Waals surface area contributed by atoms with E-state index < -0.39 is 0 Å². The van der Waals surface area contributed by atoms with Gasteiger partial charge in [0.2, 0.25) is 0 Å². The van der Waals surface area contributed by atoms with Gasteiger partial charge in [-0.05, 0) is 50.0 Å². The van der Waals surface area contributed by atoms with Gasteiger partial charge in [0.15, 0.2) is 0 Å². The van der Waals surface area contributed by atoms with E-state index in [2.05, 4.69) is 15.2 Å². The number of hydrogen-bond donors (Lipinski definition) is 1. The standard InChI is InChI=1S/C19H25N3O2/c1-24-13-12-22-10-7-15(8-11-22)14-21-19(23)17-4-2-6-18-16(17)5-3-9-20-18/h2-6,9,15H,7-8,10-14H2,1H3,(H,21,23). The Morgan fingerprint density at radius 2 is 2.12 bits per heavy atom. The van der Waals surface area contributed by atoms with Crippen LogP contribution in [0, 0.1) is 5.92 Å². The zero-order chi connectivity index (χ0) is 16.8. The fourth-order valence-corrected chi connectivity index (χ4v) is 3.27. The summed E-state index contributed by atoms with van der Waals surface area (Å²) in [5, 5.41) is 4.02. The number of methoxy groups -OCH3 is 1. The van der Waals surface area contributed by atoms with Crippen molar-refractivity contribution in [1.29, 1.82) is 0 Å². The van der Waals surface area contributed by atoms with Crippen molar-refractivity contribution in [1.82, 2.24) is 15.2 Å². The lowest BCUT2D eigenvalue weighted by molar-refractivity contribution is 0.0927. The van der Waals surface area contributed by atoms with E-state index in [9.17, 15) is 4.79 Å². The van der Waals surface area contributed by atoms with Crippen molar-refractivity contribution in [2.45, 2.75) is 12.8 Å². The Bertz CT molecular complexity index is 676. The minimum atomic E-state index is -0.00425. The van der Waals surface area contributed by atoms with Gasteiger partial charge >= 0.3 is 0 Å². The Morgan fingerprint density at radius 3 is 2.92 bits per heavy atom. The zero-order valence-electron chi connectivity index (χ0n) is 14.2. The fraction of sp³-hybridized carbons (Fsp3) is 0.474. The number of aromatic nitrogens is 1. The molecule has 24 heavy (non-hydrogen) atoms. The summed E-state index contributed by atoms with van der Waals surface area (Å²) in [5.41, 5.74) is 1.56. The maximum absolute atomic E-state index is 12.5. The molecule has 3 rings (SSSR count). The number of fused-ring (bicyclic) bond motifs is 1. The normalized spacial score (nSPS) is 16.4. The maximum atomic E-state index is 12.5. The largest absolute Gasteiger partial charge is 0.383 e. The Morgan fingerprint density at radius 1 is 1.29 bits per heavy atom. The molecule has 1 amide bonds. The summed E-state index contributed by atoms with van der Waals surface area (Å²) in [5.74, 6) is 0.552. The quantitative estimate of drug-likeness (QED) is 0.885. The Labute approximate surface area is 143 Å². The van der Waals surface area contributed by atoms with Crippen molar-refractivity contribution >= 4 is 16.8 Å². The first-order chi connectivity index (χ1) is 11.8. The van der Waals surface area contributed by atoms with Crippen LogP contribution in [0.4, 0.5) is 0 Å². The molecule has 0 saturated carbocycles. The first kappa shape index (κ1) is 16.9. The molecule has 0 bridgehead atoms. The number of nitrogens with zero attached hydrogens (tertiary/aromatic N) is 2. The molecule has 2 aromatic rings. The molecule has 0 radical (unpaired) electrons. The van der Waals surface area contributed by atoms with E-state index in [0.29, 0.717) is 11.5 Å². The average Bonchev–Trinajstić information content (AvgIpc) is 2.64. The Kier molecular flexibility index (Phi) is 5.77. The molecule has 2 heterocycles.